The van der Waals surface area contributed by atoms with Gasteiger partial charge in [-0.2, -0.15) is 0 Å². The van der Waals surface area contributed by atoms with E-state index < -0.39 is 0 Å². The molecule has 0 aromatic carbocycles. The number of rotatable bonds is 4. The molecule has 10 heavy (non-hydrogen) atoms. The molecular weight excluding hydrogens is 130 g/mol. The molecule has 0 heterocycles. The fourth-order valence-corrected chi connectivity index (χ4v) is 0.376. The molecule has 0 aliphatic heterocycles. The van der Waals surface area contributed by atoms with Crippen LogP contribution >= 0.6 is 0 Å². The Morgan fingerprint density at radius 1 is 1.70 bits per heavy atom. The van der Waals surface area contributed by atoms with Gasteiger partial charge in [-0.05, 0) is 6.42 Å². The molecule has 3 heteroatoms. The molecule has 3 nitrogen and oxygen atoms in total. The molecule has 3 N–H and O–H groups in total. The van der Waals surface area contributed by atoms with Gasteiger partial charge in [0.25, 0.3) is 0 Å². The van der Waals surface area contributed by atoms with Crippen LogP contribution in [0.3, 0.4) is 0 Å². The molecule has 60 valence electrons. The Hall–Kier alpha value is -0.830. The first kappa shape index (κ1) is 11.9. The number of ether oxygens (including phenoxy) is 1. The molecule has 0 saturated heterocycles. The number of hydrogen-bond acceptors (Lipinski definition) is 3. The lowest BCUT2D eigenvalue weighted by molar-refractivity contribution is -0.137. The summed E-state index contributed by atoms with van der Waals surface area (Å²) in [4.78, 5) is 10.3. The smallest absolute Gasteiger partial charge is 0.330 e. The van der Waals surface area contributed by atoms with E-state index in [1.54, 1.807) is 0 Å². The van der Waals surface area contributed by atoms with Gasteiger partial charge in [-0.15, -0.1) is 0 Å². The first-order valence-electron chi connectivity index (χ1n) is 3.10. The van der Waals surface area contributed by atoms with Crippen LogP contribution in [-0.2, 0) is 9.53 Å². The Balaban J connectivity index is 0. The predicted octanol–water partition coefficient (Wildman–Crippen LogP) is 1.68. The number of carbonyl (C=O) groups excluding carboxylic acids is 1. The maximum Gasteiger partial charge on any atom is 0.330 e. The Labute approximate surface area is 61.7 Å². The van der Waals surface area contributed by atoms with Gasteiger partial charge in [-0.3, -0.25) is 0 Å². The molecule has 0 radical (unpaired) electrons. The summed E-state index contributed by atoms with van der Waals surface area (Å²) in [5.74, 6) is -0.330. The van der Waals surface area contributed by atoms with Gasteiger partial charge in [0, 0.05) is 6.08 Å². The van der Waals surface area contributed by atoms with Crippen LogP contribution in [0, 0.1) is 0 Å². The first-order valence-corrected chi connectivity index (χ1v) is 3.10. The second-order valence-corrected chi connectivity index (χ2v) is 1.73. The van der Waals surface area contributed by atoms with Crippen LogP contribution in [-0.4, -0.2) is 12.6 Å². The van der Waals surface area contributed by atoms with Crippen molar-refractivity contribution in [2.45, 2.75) is 19.8 Å². The molecule has 0 atom stereocenters. The van der Waals surface area contributed by atoms with E-state index in [0.29, 0.717) is 6.61 Å². The Morgan fingerprint density at radius 2 is 2.30 bits per heavy atom. The Bertz CT molecular complexity index is 102. The van der Waals surface area contributed by atoms with Crippen molar-refractivity contribution in [3.63, 3.8) is 0 Å². The maximum absolute atomic E-state index is 10.3. The summed E-state index contributed by atoms with van der Waals surface area (Å²) in [6.07, 6.45) is 3.15. The minimum absolute atomic E-state index is 0. The largest absolute Gasteiger partial charge is 0.463 e. The van der Waals surface area contributed by atoms with Crippen molar-refractivity contribution in [3.8, 4) is 0 Å². The van der Waals surface area contributed by atoms with Crippen LogP contribution in [0.5, 0.6) is 0 Å². The lowest BCUT2D eigenvalue weighted by Crippen LogP contribution is -2.00. The monoisotopic (exact) mass is 145 g/mol. The summed E-state index contributed by atoms with van der Waals surface area (Å²) in [6, 6.07) is 0. The van der Waals surface area contributed by atoms with E-state index in [2.05, 4.69) is 11.3 Å². The molecule has 0 spiro atoms. The second kappa shape index (κ2) is 8.17. The van der Waals surface area contributed by atoms with Crippen molar-refractivity contribution in [2.75, 3.05) is 6.61 Å². The van der Waals surface area contributed by atoms with Crippen molar-refractivity contribution >= 4 is 5.97 Å². The topological polar surface area (TPSA) is 61.3 Å². The minimum atomic E-state index is -0.330. The SMILES string of the molecule is C=CC(=O)OCCCC.N. The number of carbonyl (C=O) groups is 1. The van der Waals surface area contributed by atoms with E-state index in [1.807, 2.05) is 6.92 Å². The fraction of sp³-hybridized carbons (Fsp3) is 0.571. The zero-order chi connectivity index (χ0) is 7.11. The molecule has 0 aliphatic rings. The highest BCUT2D eigenvalue weighted by Gasteiger charge is 1.91. The summed E-state index contributed by atoms with van der Waals surface area (Å²) >= 11 is 0. The van der Waals surface area contributed by atoms with Gasteiger partial charge in [0.2, 0.25) is 0 Å². The lowest BCUT2D eigenvalue weighted by atomic mass is 10.4. The van der Waals surface area contributed by atoms with Crippen LogP contribution in [0.25, 0.3) is 0 Å². The number of unbranched alkanes of at least 4 members (excludes halogenated alkanes) is 1. The molecule has 0 unspecified atom stereocenters. The average molecular weight is 145 g/mol. The highest BCUT2D eigenvalue weighted by molar-refractivity contribution is 5.81. The third-order valence-electron chi connectivity index (χ3n) is 0.909. The van der Waals surface area contributed by atoms with Crippen LogP contribution in [0.15, 0.2) is 12.7 Å². The summed E-state index contributed by atoms with van der Waals surface area (Å²) in [5, 5.41) is 0. The van der Waals surface area contributed by atoms with Crippen molar-refractivity contribution in [1.29, 1.82) is 0 Å². The number of hydrogen-bond donors (Lipinski definition) is 1. The van der Waals surface area contributed by atoms with E-state index in [4.69, 9.17) is 0 Å². The Kier molecular flexibility index (Phi) is 9.73. The highest BCUT2D eigenvalue weighted by atomic mass is 16.5. The highest BCUT2D eigenvalue weighted by Crippen LogP contribution is 1.88. The van der Waals surface area contributed by atoms with E-state index in [1.165, 1.54) is 6.08 Å². The molecule has 0 amide bonds. The molecule has 0 saturated carbocycles. The van der Waals surface area contributed by atoms with Gasteiger partial charge in [0.05, 0.1) is 6.61 Å². The predicted molar refractivity (Wildman–Crippen MR) is 41.1 cm³/mol. The van der Waals surface area contributed by atoms with Gasteiger partial charge in [0.1, 0.15) is 0 Å². The second-order valence-electron chi connectivity index (χ2n) is 1.73. The van der Waals surface area contributed by atoms with Crippen molar-refractivity contribution in [3.05, 3.63) is 12.7 Å². The summed E-state index contributed by atoms with van der Waals surface area (Å²) < 4.78 is 4.67. The molecule has 0 aromatic heterocycles. The molecular formula is C7H15NO2. The van der Waals surface area contributed by atoms with E-state index >= 15 is 0 Å². The Morgan fingerprint density at radius 3 is 2.70 bits per heavy atom. The van der Waals surface area contributed by atoms with Crippen molar-refractivity contribution in [2.24, 2.45) is 0 Å². The van der Waals surface area contributed by atoms with Gasteiger partial charge in [-0.1, -0.05) is 19.9 Å². The molecule has 0 aromatic rings. The lowest BCUT2D eigenvalue weighted by Gasteiger charge is -1.97. The van der Waals surface area contributed by atoms with Crippen molar-refractivity contribution in [1.82, 2.24) is 6.15 Å². The average Bonchev–Trinajstić information content (AvgIpc) is 1.89. The summed E-state index contributed by atoms with van der Waals surface area (Å²) in [6.45, 7) is 5.82. The van der Waals surface area contributed by atoms with E-state index in [-0.39, 0.29) is 12.1 Å². The van der Waals surface area contributed by atoms with E-state index in [0.717, 1.165) is 12.8 Å². The third-order valence-corrected chi connectivity index (χ3v) is 0.909. The zero-order valence-electron chi connectivity index (χ0n) is 6.43. The first-order chi connectivity index (χ1) is 4.31. The molecule has 0 bridgehead atoms. The normalized spacial score (nSPS) is 7.70. The van der Waals surface area contributed by atoms with Crippen LogP contribution in [0.1, 0.15) is 19.8 Å². The maximum atomic E-state index is 10.3. The quantitative estimate of drug-likeness (QED) is 0.372. The van der Waals surface area contributed by atoms with Gasteiger partial charge in [-0.25, -0.2) is 4.79 Å². The van der Waals surface area contributed by atoms with Crippen LogP contribution < -0.4 is 6.15 Å². The molecule has 0 aliphatic carbocycles. The minimum Gasteiger partial charge on any atom is -0.463 e. The third kappa shape index (κ3) is 7.17. The van der Waals surface area contributed by atoms with E-state index in [9.17, 15) is 4.79 Å². The van der Waals surface area contributed by atoms with Crippen molar-refractivity contribution < 1.29 is 9.53 Å². The molecule has 0 fully saturated rings. The van der Waals surface area contributed by atoms with Gasteiger partial charge >= 0.3 is 5.97 Å². The fourth-order valence-electron chi connectivity index (χ4n) is 0.376. The zero-order valence-corrected chi connectivity index (χ0v) is 6.43. The summed E-state index contributed by atoms with van der Waals surface area (Å²) in [5.41, 5.74) is 0. The standard InChI is InChI=1S/C7H12O2.H3N/c1-3-5-6-9-7(8)4-2;/h4H,2-3,5-6H2,1H3;1H3. The van der Waals surface area contributed by atoms with Crippen LogP contribution in [0.2, 0.25) is 0 Å². The molecule has 0 rings (SSSR count). The number of esters is 1. The van der Waals surface area contributed by atoms with Crippen LogP contribution in [0.4, 0.5) is 0 Å². The summed E-state index contributed by atoms with van der Waals surface area (Å²) in [7, 11) is 0. The van der Waals surface area contributed by atoms with Gasteiger partial charge in [0.15, 0.2) is 0 Å². The van der Waals surface area contributed by atoms with Gasteiger partial charge < -0.3 is 10.9 Å².